The van der Waals surface area contributed by atoms with Crippen molar-refractivity contribution in [2.24, 2.45) is 23.3 Å². The summed E-state index contributed by atoms with van der Waals surface area (Å²) in [5.41, 5.74) is 15.4. The van der Waals surface area contributed by atoms with Crippen LogP contribution in [0.4, 0.5) is 11.6 Å². The smallest absolute Gasteiger partial charge is 0.271 e. The molecule has 2 aromatic carbocycles. The Hall–Kier alpha value is -4.55. The third kappa shape index (κ3) is 6.22. The lowest BCUT2D eigenvalue weighted by Crippen LogP contribution is -2.52. The molecule has 1 saturated heterocycles. The van der Waals surface area contributed by atoms with E-state index in [1.54, 1.807) is 23.1 Å². The van der Waals surface area contributed by atoms with E-state index in [4.69, 9.17) is 11.5 Å². The minimum absolute atomic E-state index is 0.144. The molecule has 44 heavy (non-hydrogen) atoms. The summed E-state index contributed by atoms with van der Waals surface area (Å²) < 4.78 is 0. The number of amides is 2. The molecule has 6 rings (SSSR count). The first-order valence-electron chi connectivity index (χ1n) is 15.3. The minimum Gasteiger partial charge on any atom is -0.368 e. The van der Waals surface area contributed by atoms with E-state index in [1.807, 2.05) is 36.7 Å². The van der Waals surface area contributed by atoms with E-state index < -0.39 is 11.9 Å². The zero-order chi connectivity index (χ0) is 30.6. The van der Waals surface area contributed by atoms with Gasteiger partial charge in [-0.25, -0.2) is 9.97 Å². The van der Waals surface area contributed by atoms with Gasteiger partial charge in [-0.05, 0) is 67.5 Å². The number of nitrogens with one attached hydrogen (secondary N) is 3. The Morgan fingerprint density at radius 2 is 1.73 bits per heavy atom. The van der Waals surface area contributed by atoms with Crippen LogP contribution in [0.25, 0.3) is 22.0 Å². The van der Waals surface area contributed by atoms with Gasteiger partial charge in [0.1, 0.15) is 6.04 Å². The number of hydrogen-bond acceptors (Lipinski definition) is 8. The van der Waals surface area contributed by atoms with E-state index in [1.165, 1.54) is 0 Å². The Morgan fingerprint density at radius 3 is 2.43 bits per heavy atom. The fourth-order valence-electron chi connectivity index (χ4n) is 6.40. The number of aromatic amines is 2. The predicted molar refractivity (Wildman–Crippen MR) is 170 cm³/mol. The molecule has 2 aliphatic rings. The summed E-state index contributed by atoms with van der Waals surface area (Å²) in [6.07, 6.45) is 6.98. The number of nitrogens with zero attached hydrogens (tertiary/aromatic N) is 4. The SMILES string of the molecule is NCC1CCC(C(=O)N(c2ccc3c(=O)[nH][nH]c3c2)[C@@H](Cc2cccc(-c3cnc(N4CCNCC4)nc3)c2)C(N)=O)CC1. The van der Waals surface area contributed by atoms with Gasteiger partial charge in [-0.2, -0.15) is 0 Å². The summed E-state index contributed by atoms with van der Waals surface area (Å²) in [6, 6.07) is 12.0. The Labute approximate surface area is 255 Å². The van der Waals surface area contributed by atoms with Crippen LogP contribution in [0, 0.1) is 11.8 Å². The molecule has 12 nitrogen and oxygen atoms in total. The third-order valence-electron chi connectivity index (χ3n) is 8.97. The normalized spacial score (nSPS) is 19.5. The van der Waals surface area contributed by atoms with E-state index >= 15 is 0 Å². The van der Waals surface area contributed by atoms with Crippen LogP contribution in [0.5, 0.6) is 0 Å². The molecule has 1 aliphatic carbocycles. The number of carbonyl (C=O) groups is 2. The number of nitrogens with two attached hydrogens (primary N) is 2. The standard InChI is InChI=1S/C32H39N9O3/c33-17-20-4-6-22(7-5-20)31(44)41(25-8-9-26-27(16-25)38-39-30(26)43)28(29(34)42)15-21-2-1-3-23(14-21)24-18-36-32(37-19-24)40-12-10-35-11-13-40/h1-3,8-9,14,16,18-20,22,28,35H,4-7,10-13,15,17,33H2,(H2,34,42)(H2,38,39,43)/t20?,22?,28-/m0/s1. The summed E-state index contributed by atoms with van der Waals surface area (Å²) in [4.78, 5) is 52.4. The molecule has 3 heterocycles. The average Bonchev–Trinajstić information content (AvgIpc) is 3.44. The van der Waals surface area contributed by atoms with Crippen LogP contribution in [-0.4, -0.2) is 70.7 Å². The van der Waals surface area contributed by atoms with Crippen molar-refractivity contribution in [2.75, 3.05) is 42.5 Å². The predicted octanol–water partition coefficient (Wildman–Crippen LogP) is 1.92. The zero-order valence-electron chi connectivity index (χ0n) is 24.7. The van der Waals surface area contributed by atoms with Gasteiger partial charge in [0.2, 0.25) is 17.8 Å². The van der Waals surface area contributed by atoms with Crippen molar-refractivity contribution in [1.82, 2.24) is 25.5 Å². The maximum absolute atomic E-state index is 14.2. The highest BCUT2D eigenvalue weighted by Crippen LogP contribution is 2.33. The van der Waals surface area contributed by atoms with Gasteiger partial charge in [-0.15, -0.1) is 0 Å². The maximum atomic E-state index is 14.2. The van der Waals surface area contributed by atoms with Gasteiger partial charge >= 0.3 is 0 Å². The van der Waals surface area contributed by atoms with Crippen LogP contribution in [0.3, 0.4) is 0 Å². The van der Waals surface area contributed by atoms with Crippen molar-refractivity contribution in [2.45, 2.75) is 38.1 Å². The lowest BCUT2D eigenvalue weighted by Gasteiger charge is -2.35. The second-order valence-corrected chi connectivity index (χ2v) is 11.8. The van der Waals surface area contributed by atoms with Gasteiger partial charge in [0.05, 0.1) is 10.9 Å². The van der Waals surface area contributed by atoms with Crippen LogP contribution < -0.4 is 32.1 Å². The molecule has 0 spiro atoms. The number of hydrogen-bond donors (Lipinski definition) is 5. The molecule has 0 radical (unpaired) electrons. The molecule has 2 amide bonds. The van der Waals surface area contributed by atoms with Gasteiger partial charge in [-0.1, -0.05) is 24.3 Å². The summed E-state index contributed by atoms with van der Waals surface area (Å²) in [5.74, 6) is 0.104. The van der Waals surface area contributed by atoms with Crippen LogP contribution in [0.2, 0.25) is 0 Å². The fourth-order valence-corrected chi connectivity index (χ4v) is 6.40. The molecular formula is C32H39N9O3. The summed E-state index contributed by atoms with van der Waals surface area (Å²) >= 11 is 0. The summed E-state index contributed by atoms with van der Waals surface area (Å²) in [6.45, 7) is 4.13. The first-order chi connectivity index (χ1) is 21.4. The Balaban J connectivity index is 1.29. The van der Waals surface area contributed by atoms with E-state index in [2.05, 4.69) is 30.4 Å². The number of piperazine rings is 1. The topological polar surface area (TPSA) is 179 Å². The van der Waals surface area contributed by atoms with Crippen molar-refractivity contribution in [3.8, 4) is 11.1 Å². The van der Waals surface area contributed by atoms with Crippen LogP contribution in [0.15, 0.2) is 59.7 Å². The number of anilines is 2. The largest absolute Gasteiger partial charge is 0.368 e. The Kier molecular flexibility index (Phi) is 8.71. The van der Waals surface area contributed by atoms with Crippen LogP contribution in [0.1, 0.15) is 31.2 Å². The summed E-state index contributed by atoms with van der Waals surface area (Å²) in [5, 5.41) is 9.24. The molecule has 12 heteroatoms. The fraction of sp³-hybridized carbons (Fsp3) is 0.406. The number of carbonyl (C=O) groups excluding carboxylic acids is 2. The van der Waals surface area contributed by atoms with Gasteiger partial charge in [0.15, 0.2) is 0 Å². The van der Waals surface area contributed by atoms with Crippen LogP contribution >= 0.6 is 0 Å². The van der Waals surface area contributed by atoms with Crippen molar-refractivity contribution in [3.05, 3.63) is 70.8 Å². The Bertz CT molecular complexity index is 1670. The first kappa shape index (κ1) is 29.5. The van der Waals surface area contributed by atoms with Crippen molar-refractivity contribution in [1.29, 1.82) is 0 Å². The van der Waals surface area contributed by atoms with Crippen LogP contribution in [-0.2, 0) is 16.0 Å². The molecule has 1 atom stereocenters. The average molecular weight is 598 g/mol. The molecule has 1 aliphatic heterocycles. The quantitative estimate of drug-likeness (QED) is 0.194. The molecule has 2 fully saturated rings. The van der Waals surface area contributed by atoms with Crippen molar-refractivity contribution < 1.29 is 9.59 Å². The highest BCUT2D eigenvalue weighted by atomic mass is 16.2. The summed E-state index contributed by atoms with van der Waals surface area (Å²) in [7, 11) is 0. The molecule has 0 bridgehead atoms. The maximum Gasteiger partial charge on any atom is 0.271 e. The lowest BCUT2D eigenvalue weighted by molar-refractivity contribution is -0.127. The lowest BCUT2D eigenvalue weighted by atomic mass is 9.81. The van der Waals surface area contributed by atoms with E-state index in [9.17, 15) is 14.4 Å². The molecule has 2 aromatic heterocycles. The first-order valence-corrected chi connectivity index (χ1v) is 15.3. The second-order valence-electron chi connectivity index (χ2n) is 11.8. The monoisotopic (exact) mass is 597 g/mol. The molecule has 4 aromatic rings. The van der Waals surface area contributed by atoms with Gasteiger partial charge in [0, 0.05) is 62.2 Å². The number of H-pyrrole nitrogens is 2. The Morgan fingerprint density at radius 1 is 0.977 bits per heavy atom. The molecule has 7 N–H and O–H groups in total. The van der Waals surface area contributed by atoms with Gasteiger partial charge < -0.3 is 21.7 Å². The van der Waals surface area contributed by atoms with Crippen molar-refractivity contribution >= 4 is 34.4 Å². The number of rotatable bonds is 9. The van der Waals surface area contributed by atoms with Gasteiger partial charge in [0.25, 0.3) is 5.56 Å². The number of fused-ring (bicyclic) bond motifs is 1. The molecule has 1 saturated carbocycles. The number of aromatic nitrogens is 4. The highest BCUT2D eigenvalue weighted by molar-refractivity contribution is 6.03. The zero-order valence-corrected chi connectivity index (χ0v) is 24.7. The minimum atomic E-state index is -0.945. The molecule has 230 valence electrons. The molecule has 0 unspecified atom stereocenters. The van der Waals surface area contributed by atoms with Gasteiger partial charge in [-0.3, -0.25) is 29.5 Å². The van der Waals surface area contributed by atoms with Crippen molar-refractivity contribution in [3.63, 3.8) is 0 Å². The third-order valence-corrected chi connectivity index (χ3v) is 8.97. The molecular weight excluding hydrogens is 558 g/mol. The number of benzene rings is 2. The van der Waals surface area contributed by atoms with E-state index in [0.29, 0.717) is 47.8 Å². The van der Waals surface area contributed by atoms with E-state index in [-0.39, 0.29) is 23.8 Å². The second kappa shape index (κ2) is 13.0. The number of primary amides is 1. The highest BCUT2D eigenvalue weighted by Gasteiger charge is 2.36. The van der Waals surface area contributed by atoms with E-state index in [0.717, 1.165) is 55.7 Å².